The minimum atomic E-state index is -1.12. The molecule has 1 aromatic rings. The molecule has 1 aliphatic rings. The number of carbonyl (C=O) groups is 2. The first-order valence-electron chi connectivity index (χ1n) is 8.69. The third kappa shape index (κ3) is 4.65. The molecule has 0 unspecified atom stereocenters. The number of Topliss-reactive ketones (excluding diaryl/α,β-unsaturated/α-hetero) is 1. The van der Waals surface area contributed by atoms with Gasteiger partial charge in [0.1, 0.15) is 32.2 Å². The summed E-state index contributed by atoms with van der Waals surface area (Å²) in [4.78, 5) is 26.4. The van der Waals surface area contributed by atoms with Crippen LogP contribution in [0.4, 0.5) is 0 Å². The molecule has 2 rings (SSSR count). The summed E-state index contributed by atoms with van der Waals surface area (Å²) in [6.45, 7) is 9.74. The van der Waals surface area contributed by atoms with E-state index in [1.165, 1.54) is 4.90 Å². The summed E-state index contributed by atoms with van der Waals surface area (Å²) in [5.41, 5.74) is 1.76. The number of ketones is 1. The number of rotatable bonds is 5. The molecule has 5 heteroatoms. The fraction of sp³-hybridized carbons (Fsp3) is 0.579. The second kappa shape index (κ2) is 7.45. The highest BCUT2D eigenvalue weighted by molar-refractivity contribution is 5.98. The van der Waals surface area contributed by atoms with Crippen LogP contribution >= 0.6 is 0 Å². The van der Waals surface area contributed by atoms with Gasteiger partial charge in [-0.05, 0) is 11.0 Å². The average Bonchev–Trinajstić information content (AvgIpc) is 2.52. The number of aliphatic carboxylic acids is 1. The Bertz CT molecular complexity index is 582. The van der Waals surface area contributed by atoms with Crippen molar-refractivity contribution in [3.8, 4) is 0 Å². The minimum absolute atomic E-state index is 0.00553. The van der Waals surface area contributed by atoms with Gasteiger partial charge in [-0.15, -0.1) is 0 Å². The third-order valence-electron chi connectivity index (χ3n) is 4.99. The van der Waals surface area contributed by atoms with Crippen molar-refractivity contribution in [3.05, 3.63) is 35.4 Å². The molecule has 1 fully saturated rings. The summed E-state index contributed by atoms with van der Waals surface area (Å²) < 4.78 is 0. The van der Waals surface area contributed by atoms with E-state index in [2.05, 4.69) is 27.8 Å². The Morgan fingerprint density at radius 1 is 1.08 bits per heavy atom. The van der Waals surface area contributed by atoms with E-state index in [0.717, 1.165) is 36.6 Å². The van der Waals surface area contributed by atoms with Gasteiger partial charge in [0.05, 0.1) is 19.4 Å². The zero-order valence-corrected chi connectivity index (χ0v) is 15.1. The Morgan fingerprint density at radius 2 is 1.62 bits per heavy atom. The van der Waals surface area contributed by atoms with Crippen LogP contribution in [-0.2, 0) is 10.2 Å². The number of likely N-dealkylation sites (N-methyl/N-ethyl adjacent to an activating group) is 1. The molecule has 0 aromatic heterocycles. The fourth-order valence-corrected chi connectivity index (χ4v) is 3.20. The van der Waals surface area contributed by atoms with E-state index in [1.54, 1.807) is 12.1 Å². The lowest BCUT2D eigenvalue weighted by Gasteiger charge is -2.33. The van der Waals surface area contributed by atoms with Crippen LogP contribution in [0.25, 0.3) is 0 Å². The number of carboxylic acid groups (broad SMARTS) is 1. The van der Waals surface area contributed by atoms with E-state index in [9.17, 15) is 14.7 Å². The van der Waals surface area contributed by atoms with Gasteiger partial charge in [-0.1, -0.05) is 45.0 Å². The van der Waals surface area contributed by atoms with Crippen molar-refractivity contribution < 1.29 is 24.5 Å². The van der Waals surface area contributed by atoms with Gasteiger partial charge in [0.25, 0.3) is 0 Å². The molecule has 1 heterocycles. The van der Waals surface area contributed by atoms with E-state index in [1.807, 2.05) is 12.1 Å². The van der Waals surface area contributed by atoms with Crippen molar-refractivity contribution in [2.45, 2.75) is 38.6 Å². The van der Waals surface area contributed by atoms with Crippen molar-refractivity contribution in [2.24, 2.45) is 0 Å². The SMILES string of the molecule is C[NH+]1CC[NH+]([C@@H](CC(=O)c2ccc(C(C)(C)C)cc2)C(=O)[O-])CC1. The quantitative estimate of drug-likeness (QED) is 0.618. The molecule has 132 valence electrons. The molecular weight excluding hydrogens is 304 g/mol. The predicted octanol–water partition coefficient (Wildman–Crippen LogP) is -1.91. The number of benzene rings is 1. The van der Waals surface area contributed by atoms with Gasteiger partial charge in [-0.2, -0.15) is 0 Å². The lowest BCUT2D eigenvalue weighted by atomic mass is 9.86. The Hall–Kier alpha value is -1.72. The summed E-state index contributed by atoms with van der Waals surface area (Å²) in [5.74, 6) is -1.24. The summed E-state index contributed by atoms with van der Waals surface area (Å²) in [5, 5.41) is 11.5. The molecule has 24 heavy (non-hydrogen) atoms. The first-order chi connectivity index (χ1) is 11.2. The maximum atomic E-state index is 12.5. The van der Waals surface area contributed by atoms with Crippen LogP contribution in [0.1, 0.15) is 43.1 Å². The normalized spacial score (nSPS) is 22.8. The highest BCUT2D eigenvalue weighted by atomic mass is 16.4. The van der Waals surface area contributed by atoms with Gasteiger partial charge in [0, 0.05) is 5.56 Å². The van der Waals surface area contributed by atoms with Crippen molar-refractivity contribution in [1.82, 2.24) is 0 Å². The Labute approximate surface area is 144 Å². The molecule has 1 aliphatic heterocycles. The molecule has 2 N–H and O–H groups in total. The van der Waals surface area contributed by atoms with Crippen LogP contribution in [-0.4, -0.2) is 51.0 Å². The molecule has 1 aromatic carbocycles. The van der Waals surface area contributed by atoms with E-state index < -0.39 is 12.0 Å². The summed E-state index contributed by atoms with van der Waals surface area (Å²) >= 11 is 0. The molecule has 0 bridgehead atoms. The van der Waals surface area contributed by atoms with Crippen LogP contribution in [0.2, 0.25) is 0 Å². The largest absolute Gasteiger partial charge is 0.544 e. The smallest absolute Gasteiger partial charge is 0.169 e. The minimum Gasteiger partial charge on any atom is -0.544 e. The second-order valence-electron chi connectivity index (χ2n) is 7.94. The number of carbonyl (C=O) groups excluding carboxylic acids is 2. The summed E-state index contributed by atoms with van der Waals surface area (Å²) in [7, 11) is 2.10. The zero-order valence-electron chi connectivity index (χ0n) is 15.1. The number of piperazine rings is 1. The van der Waals surface area contributed by atoms with Crippen LogP contribution in [0.5, 0.6) is 0 Å². The van der Waals surface area contributed by atoms with Crippen LogP contribution in [0.3, 0.4) is 0 Å². The predicted molar refractivity (Wildman–Crippen MR) is 90.2 cm³/mol. The van der Waals surface area contributed by atoms with E-state index in [4.69, 9.17) is 0 Å². The van der Waals surface area contributed by atoms with Crippen molar-refractivity contribution in [3.63, 3.8) is 0 Å². The Kier molecular flexibility index (Phi) is 5.78. The Balaban J connectivity index is 2.06. The van der Waals surface area contributed by atoms with Crippen molar-refractivity contribution >= 4 is 11.8 Å². The summed E-state index contributed by atoms with van der Waals surface area (Å²) in [6.07, 6.45) is 0.00553. The van der Waals surface area contributed by atoms with Crippen molar-refractivity contribution in [2.75, 3.05) is 33.2 Å². The van der Waals surface area contributed by atoms with Crippen molar-refractivity contribution in [1.29, 1.82) is 0 Å². The molecule has 0 saturated carbocycles. The number of nitrogens with one attached hydrogen (secondary N) is 2. The number of hydrogen-bond acceptors (Lipinski definition) is 3. The van der Waals surface area contributed by atoms with E-state index >= 15 is 0 Å². The maximum absolute atomic E-state index is 12.5. The molecule has 1 saturated heterocycles. The molecule has 0 spiro atoms. The number of carboxylic acids is 1. The van der Waals surface area contributed by atoms with E-state index in [0.29, 0.717) is 5.56 Å². The fourth-order valence-electron chi connectivity index (χ4n) is 3.20. The van der Waals surface area contributed by atoms with Gasteiger partial charge < -0.3 is 19.7 Å². The highest BCUT2D eigenvalue weighted by Gasteiger charge is 2.31. The lowest BCUT2D eigenvalue weighted by molar-refractivity contribution is -1.01. The standard InChI is InChI=1S/C19H28N2O3/c1-19(2,3)15-7-5-14(6-8-15)17(22)13-16(18(23)24)21-11-9-20(4)10-12-21/h5-8,16H,9-13H2,1-4H3,(H,23,24)/p+1/t16-/m0/s1. The molecule has 1 atom stereocenters. The van der Waals surface area contributed by atoms with E-state index in [-0.39, 0.29) is 17.6 Å². The average molecular weight is 333 g/mol. The van der Waals surface area contributed by atoms with Gasteiger partial charge in [-0.25, -0.2) is 0 Å². The monoisotopic (exact) mass is 333 g/mol. The number of hydrogen-bond donors (Lipinski definition) is 2. The second-order valence-corrected chi connectivity index (χ2v) is 7.94. The zero-order chi connectivity index (χ0) is 17.9. The first-order valence-corrected chi connectivity index (χ1v) is 8.69. The molecule has 0 amide bonds. The molecule has 5 nitrogen and oxygen atoms in total. The summed E-state index contributed by atoms with van der Waals surface area (Å²) in [6, 6.07) is 6.76. The highest BCUT2D eigenvalue weighted by Crippen LogP contribution is 2.22. The first kappa shape index (κ1) is 18.6. The molecule has 0 radical (unpaired) electrons. The van der Waals surface area contributed by atoms with Crippen LogP contribution < -0.4 is 14.9 Å². The van der Waals surface area contributed by atoms with Gasteiger partial charge in [-0.3, -0.25) is 4.79 Å². The third-order valence-corrected chi connectivity index (χ3v) is 4.99. The van der Waals surface area contributed by atoms with Gasteiger partial charge in [0.2, 0.25) is 0 Å². The number of quaternary nitrogens is 2. The van der Waals surface area contributed by atoms with Crippen LogP contribution in [0.15, 0.2) is 24.3 Å². The lowest BCUT2D eigenvalue weighted by Crippen LogP contribution is -3.29. The maximum Gasteiger partial charge on any atom is 0.169 e. The van der Waals surface area contributed by atoms with Gasteiger partial charge >= 0.3 is 0 Å². The topological polar surface area (TPSA) is 66.1 Å². The molecule has 0 aliphatic carbocycles. The van der Waals surface area contributed by atoms with Crippen LogP contribution in [0, 0.1) is 0 Å². The Morgan fingerprint density at radius 3 is 2.08 bits per heavy atom. The van der Waals surface area contributed by atoms with Gasteiger partial charge in [0.15, 0.2) is 5.78 Å². The molecular formula is C19H29N2O3+.